The van der Waals surface area contributed by atoms with Crippen LogP contribution in [0.1, 0.15) is 44.6 Å². The summed E-state index contributed by atoms with van der Waals surface area (Å²) in [6.07, 6.45) is 5.89. The summed E-state index contributed by atoms with van der Waals surface area (Å²) >= 11 is 0. The van der Waals surface area contributed by atoms with Crippen molar-refractivity contribution < 1.29 is 9.90 Å². The first kappa shape index (κ1) is 14.9. The topological polar surface area (TPSA) is 40.5 Å². The van der Waals surface area contributed by atoms with Crippen LogP contribution in [-0.2, 0) is 11.2 Å². The molecule has 0 atom stereocenters. The Morgan fingerprint density at radius 3 is 2.30 bits per heavy atom. The molecule has 0 aromatic heterocycles. The Morgan fingerprint density at radius 2 is 1.80 bits per heavy atom. The van der Waals surface area contributed by atoms with E-state index in [0.29, 0.717) is 6.54 Å². The van der Waals surface area contributed by atoms with Crippen LogP contribution in [-0.4, -0.2) is 24.7 Å². The zero-order valence-electron chi connectivity index (χ0n) is 12.6. The van der Waals surface area contributed by atoms with E-state index < -0.39 is 11.4 Å². The van der Waals surface area contributed by atoms with Crippen molar-refractivity contribution in [3.05, 3.63) is 29.8 Å². The van der Waals surface area contributed by atoms with Gasteiger partial charge in [-0.15, -0.1) is 0 Å². The summed E-state index contributed by atoms with van der Waals surface area (Å²) in [5, 5.41) is 9.64. The minimum absolute atomic E-state index is 0.559. The monoisotopic (exact) mass is 275 g/mol. The maximum atomic E-state index is 11.7. The zero-order valence-corrected chi connectivity index (χ0v) is 12.6. The molecule has 3 heteroatoms. The Balaban J connectivity index is 2.11. The number of carbonyl (C=O) groups is 1. The van der Waals surface area contributed by atoms with E-state index in [9.17, 15) is 9.90 Å². The molecule has 0 bridgehead atoms. The second-order valence-corrected chi connectivity index (χ2v) is 6.02. The van der Waals surface area contributed by atoms with Gasteiger partial charge in [0.2, 0.25) is 0 Å². The molecule has 0 unspecified atom stereocenters. The molecule has 2 rings (SSSR count). The number of rotatable bonds is 5. The molecule has 1 aliphatic rings. The van der Waals surface area contributed by atoms with Crippen LogP contribution < -0.4 is 4.90 Å². The number of aryl methyl sites for hydroxylation is 1. The van der Waals surface area contributed by atoms with Gasteiger partial charge >= 0.3 is 5.97 Å². The molecule has 0 heterocycles. The lowest BCUT2D eigenvalue weighted by Crippen LogP contribution is -2.43. The molecule has 0 radical (unpaired) electrons. The molecule has 1 aromatic rings. The maximum Gasteiger partial charge on any atom is 0.311 e. The van der Waals surface area contributed by atoms with Gasteiger partial charge in [-0.2, -0.15) is 0 Å². The van der Waals surface area contributed by atoms with Crippen molar-refractivity contribution in [3.8, 4) is 0 Å². The summed E-state index contributed by atoms with van der Waals surface area (Å²) in [5.74, 6) is -0.630. The molecular formula is C17H25NO2. The van der Waals surface area contributed by atoms with Gasteiger partial charge in [0.05, 0.1) is 5.41 Å². The van der Waals surface area contributed by atoms with Crippen molar-refractivity contribution in [1.29, 1.82) is 0 Å². The standard InChI is InChI=1S/C17H25NO2/c1-3-14-7-9-15(10-8-14)18(2)13-17(16(19)20)11-5-4-6-12-17/h7-10H,3-6,11-13H2,1-2H3,(H,19,20). The number of nitrogens with zero attached hydrogens (tertiary/aromatic N) is 1. The van der Waals surface area contributed by atoms with Gasteiger partial charge in [-0.25, -0.2) is 0 Å². The van der Waals surface area contributed by atoms with Gasteiger partial charge in [-0.05, 0) is 37.0 Å². The zero-order chi connectivity index (χ0) is 14.6. The highest BCUT2D eigenvalue weighted by Gasteiger charge is 2.40. The second-order valence-electron chi connectivity index (χ2n) is 6.02. The number of benzene rings is 1. The smallest absolute Gasteiger partial charge is 0.311 e. The molecule has 0 aliphatic heterocycles. The lowest BCUT2D eigenvalue weighted by molar-refractivity contribution is -0.150. The van der Waals surface area contributed by atoms with Crippen LogP contribution in [0.15, 0.2) is 24.3 Å². The van der Waals surface area contributed by atoms with Crippen LogP contribution in [0.2, 0.25) is 0 Å². The Hall–Kier alpha value is -1.51. The first-order chi connectivity index (χ1) is 9.57. The molecule has 1 aliphatic carbocycles. The van der Waals surface area contributed by atoms with E-state index in [1.54, 1.807) is 0 Å². The molecule has 1 saturated carbocycles. The first-order valence-electron chi connectivity index (χ1n) is 7.61. The van der Waals surface area contributed by atoms with Crippen molar-refractivity contribution in [1.82, 2.24) is 0 Å². The van der Waals surface area contributed by atoms with Crippen LogP contribution >= 0.6 is 0 Å². The summed E-state index contributed by atoms with van der Waals surface area (Å²) in [7, 11) is 2.00. The van der Waals surface area contributed by atoms with Crippen molar-refractivity contribution in [2.24, 2.45) is 5.41 Å². The number of carboxylic acid groups (broad SMARTS) is 1. The van der Waals surface area contributed by atoms with Crippen molar-refractivity contribution >= 4 is 11.7 Å². The normalized spacial score (nSPS) is 17.7. The van der Waals surface area contributed by atoms with Crippen LogP contribution in [0.3, 0.4) is 0 Å². The van der Waals surface area contributed by atoms with E-state index in [-0.39, 0.29) is 0 Å². The van der Waals surface area contributed by atoms with Crippen LogP contribution in [0, 0.1) is 5.41 Å². The Labute approximate surface area is 121 Å². The van der Waals surface area contributed by atoms with Crippen molar-refractivity contribution in [3.63, 3.8) is 0 Å². The minimum Gasteiger partial charge on any atom is -0.481 e. The molecule has 0 amide bonds. The van der Waals surface area contributed by atoms with Crippen LogP contribution in [0.25, 0.3) is 0 Å². The van der Waals surface area contributed by atoms with E-state index >= 15 is 0 Å². The van der Waals surface area contributed by atoms with E-state index in [4.69, 9.17) is 0 Å². The summed E-state index contributed by atoms with van der Waals surface area (Å²) in [4.78, 5) is 13.8. The Kier molecular flexibility index (Phi) is 4.69. The van der Waals surface area contributed by atoms with Gasteiger partial charge in [0, 0.05) is 19.3 Å². The molecule has 1 N–H and O–H groups in total. The van der Waals surface area contributed by atoms with E-state index in [0.717, 1.165) is 37.8 Å². The van der Waals surface area contributed by atoms with Gasteiger partial charge in [0.1, 0.15) is 0 Å². The molecule has 110 valence electrons. The Bertz CT molecular complexity index is 447. The summed E-state index contributed by atoms with van der Waals surface area (Å²) in [5.41, 5.74) is 1.86. The van der Waals surface area contributed by atoms with Gasteiger partial charge in [-0.1, -0.05) is 38.3 Å². The summed E-state index contributed by atoms with van der Waals surface area (Å²) in [6, 6.07) is 8.44. The van der Waals surface area contributed by atoms with E-state index in [2.05, 4.69) is 36.1 Å². The first-order valence-corrected chi connectivity index (χ1v) is 7.61. The largest absolute Gasteiger partial charge is 0.481 e. The third-order valence-electron chi connectivity index (χ3n) is 4.59. The molecule has 0 saturated heterocycles. The van der Waals surface area contributed by atoms with E-state index in [1.807, 2.05) is 7.05 Å². The van der Waals surface area contributed by atoms with E-state index in [1.165, 1.54) is 12.0 Å². The fraction of sp³-hybridized carbons (Fsp3) is 0.588. The van der Waals surface area contributed by atoms with Gasteiger partial charge in [-0.3, -0.25) is 4.79 Å². The minimum atomic E-state index is -0.630. The van der Waals surface area contributed by atoms with Gasteiger partial charge in [0.15, 0.2) is 0 Å². The van der Waals surface area contributed by atoms with Gasteiger partial charge in [0.25, 0.3) is 0 Å². The SMILES string of the molecule is CCc1ccc(N(C)CC2(C(=O)O)CCCCC2)cc1. The number of carboxylic acids is 1. The summed E-state index contributed by atoms with van der Waals surface area (Å²) in [6.45, 7) is 2.74. The van der Waals surface area contributed by atoms with Crippen LogP contribution in [0.5, 0.6) is 0 Å². The lowest BCUT2D eigenvalue weighted by Gasteiger charge is -2.37. The molecule has 20 heavy (non-hydrogen) atoms. The van der Waals surface area contributed by atoms with Crippen molar-refractivity contribution in [2.45, 2.75) is 45.4 Å². The second kappa shape index (κ2) is 6.29. The third kappa shape index (κ3) is 3.14. The molecule has 1 aromatic carbocycles. The third-order valence-corrected chi connectivity index (χ3v) is 4.59. The average molecular weight is 275 g/mol. The van der Waals surface area contributed by atoms with Gasteiger partial charge < -0.3 is 10.0 Å². The Morgan fingerprint density at radius 1 is 1.20 bits per heavy atom. The summed E-state index contributed by atoms with van der Waals surface area (Å²) < 4.78 is 0. The highest BCUT2D eigenvalue weighted by atomic mass is 16.4. The highest BCUT2D eigenvalue weighted by Crippen LogP contribution is 2.38. The molecule has 3 nitrogen and oxygen atoms in total. The molecule has 1 fully saturated rings. The predicted octanol–water partition coefficient (Wildman–Crippen LogP) is 3.72. The maximum absolute atomic E-state index is 11.7. The molecule has 0 spiro atoms. The number of hydrogen-bond acceptors (Lipinski definition) is 2. The fourth-order valence-electron chi connectivity index (χ4n) is 3.20. The lowest BCUT2D eigenvalue weighted by atomic mass is 9.73. The van der Waals surface area contributed by atoms with Crippen molar-refractivity contribution in [2.75, 3.05) is 18.5 Å². The number of anilines is 1. The quantitative estimate of drug-likeness (QED) is 0.890. The molecular weight excluding hydrogens is 250 g/mol. The highest BCUT2D eigenvalue weighted by molar-refractivity contribution is 5.75. The van der Waals surface area contributed by atoms with Crippen LogP contribution in [0.4, 0.5) is 5.69 Å². The number of aliphatic carboxylic acids is 1. The predicted molar refractivity (Wildman–Crippen MR) is 82.2 cm³/mol. The number of hydrogen-bond donors (Lipinski definition) is 1. The fourth-order valence-corrected chi connectivity index (χ4v) is 3.20. The average Bonchev–Trinajstić information content (AvgIpc) is 2.48.